The first-order chi connectivity index (χ1) is 12.9. The summed E-state index contributed by atoms with van der Waals surface area (Å²) in [6, 6.07) is 11.4. The number of benzene rings is 2. The van der Waals surface area contributed by atoms with Crippen LogP contribution in [0.2, 0.25) is 5.02 Å². The second kappa shape index (κ2) is 7.88. The number of carbonyl (C=O) groups excluding carboxylic acids is 2. The monoisotopic (exact) mass is 388 g/mol. The van der Waals surface area contributed by atoms with E-state index in [0.717, 1.165) is 0 Å². The van der Waals surface area contributed by atoms with Crippen LogP contribution in [0.3, 0.4) is 0 Å². The number of ether oxygens (including phenoxy) is 2. The summed E-state index contributed by atoms with van der Waals surface area (Å²) in [5.41, 5.74) is 1.19. The highest BCUT2D eigenvalue weighted by Gasteiger charge is 2.35. The molecule has 0 aliphatic carbocycles. The van der Waals surface area contributed by atoms with Crippen molar-refractivity contribution >= 4 is 29.1 Å². The molecule has 1 heterocycles. The number of piperazine rings is 1. The van der Waals surface area contributed by atoms with Crippen molar-refractivity contribution in [3.05, 3.63) is 53.1 Å². The molecule has 0 bridgehead atoms. The smallest absolute Gasteiger partial charge is 0.254 e. The molecule has 0 aromatic heterocycles. The molecule has 2 amide bonds. The Kier molecular flexibility index (Phi) is 5.56. The number of hydrogen-bond donors (Lipinski definition) is 0. The van der Waals surface area contributed by atoms with Crippen LogP contribution in [0.1, 0.15) is 17.3 Å². The van der Waals surface area contributed by atoms with Crippen LogP contribution in [0.4, 0.5) is 5.69 Å². The minimum absolute atomic E-state index is 0.154. The van der Waals surface area contributed by atoms with Crippen LogP contribution in [0.5, 0.6) is 11.5 Å². The molecule has 7 heteroatoms. The molecule has 0 spiro atoms. The Morgan fingerprint density at radius 2 is 1.63 bits per heavy atom. The summed E-state index contributed by atoms with van der Waals surface area (Å²) < 4.78 is 10.6. The lowest BCUT2D eigenvalue weighted by Crippen LogP contribution is -2.57. The highest BCUT2D eigenvalue weighted by atomic mass is 35.5. The van der Waals surface area contributed by atoms with E-state index in [-0.39, 0.29) is 11.8 Å². The normalized spacial score (nSPS) is 17.0. The van der Waals surface area contributed by atoms with Crippen molar-refractivity contribution in [1.29, 1.82) is 0 Å². The maximum absolute atomic E-state index is 13.0. The SMILES string of the molecule is COc1cc(OC)cc(N2CCN(C(=O)c3ccc(Cl)cc3)C(C)C2=O)c1. The van der Waals surface area contributed by atoms with Crippen LogP contribution in [-0.2, 0) is 4.79 Å². The van der Waals surface area contributed by atoms with Crippen molar-refractivity contribution in [3.63, 3.8) is 0 Å². The zero-order valence-electron chi connectivity index (χ0n) is 15.4. The fourth-order valence-electron chi connectivity index (χ4n) is 3.11. The van der Waals surface area contributed by atoms with Gasteiger partial charge in [0.05, 0.1) is 19.9 Å². The Hall–Kier alpha value is -2.73. The quantitative estimate of drug-likeness (QED) is 0.806. The van der Waals surface area contributed by atoms with Gasteiger partial charge in [0.15, 0.2) is 0 Å². The number of nitrogens with zero attached hydrogens (tertiary/aromatic N) is 2. The van der Waals surface area contributed by atoms with Gasteiger partial charge in [-0.15, -0.1) is 0 Å². The second-order valence-corrected chi connectivity index (χ2v) is 6.68. The summed E-state index contributed by atoms with van der Waals surface area (Å²) in [7, 11) is 3.12. The van der Waals surface area contributed by atoms with Gasteiger partial charge in [-0.1, -0.05) is 11.6 Å². The zero-order chi connectivity index (χ0) is 19.6. The summed E-state index contributed by atoms with van der Waals surface area (Å²) in [4.78, 5) is 29.0. The first-order valence-corrected chi connectivity index (χ1v) is 8.93. The number of halogens is 1. The Bertz CT molecular complexity index is 831. The largest absolute Gasteiger partial charge is 0.497 e. The molecule has 1 aliphatic heterocycles. The molecule has 142 valence electrons. The van der Waals surface area contributed by atoms with E-state index < -0.39 is 6.04 Å². The van der Waals surface area contributed by atoms with Crippen molar-refractivity contribution in [2.75, 3.05) is 32.2 Å². The van der Waals surface area contributed by atoms with E-state index in [1.165, 1.54) is 0 Å². The standard InChI is InChI=1S/C20H21ClN2O4/c1-13-19(24)23(16-10-17(26-2)12-18(11-16)27-3)9-8-22(13)20(25)14-4-6-15(21)7-5-14/h4-7,10-13H,8-9H2,1-3H3. The van der Waals surface area contributed by atoms with Gasteiger partial charge in [0, 0.05) is 41.9 Å². The number of methoxy groups -OCH3 is 2. The molecule has 0 N–H and O–H groups in total. The predicted octanol–water partition coefficient (Wildman–Crippen LogP) is 3.23. The molecule has 3 rings (SSSR count). The van der Waals surface area contributed by atoms with E-state index in [4.69, 9.17) is 21.1 Å². The van der Waals surface area contributed by atoms with E-state index in [2.05, 4.69) is 0 Å². The molecule has 1 fully saturated rings. The molecule has 0 radical (unpaired) electrons. The van der Waals surface area contributed by atoms with Gasteiger partial charge in [-0.2, -0.15) is 0 Å². The lowest BCUT2D eigenvalue weighted by Gasteiger charge is -2.39. The van der Waals surface area contributed by atoms with Crippen LogP contribution in [0.25, 0.3) is 0 Å². The third-order valence-corrected chi connectivity index (χ3v) is 4.91. The topological polar surface area (TPSA) is 59.1 Å². The molecule has 6 nitrogen and oxygen atoms in total. The van der Waals surface area contributed by atoms with Gasteiger partial charge in [-0.3, -0.25) is 9.59 Å². The number of amides is 2. The number of anilines is 1. The molecular formula is C20H21ClN2O4. The van der Waals surface area contributed by atoms with Gasteiger partial charge in [0.1, 0.15) is 17.5 Å². The van der Waals surface area contributed by atoms with E-state index in [9.17, 15) is 9.59 Å². The lowest BCUT2D eigenvalue weighted by molar-refractivity contribution is -0.124. The van der Waals surface area contributed by atoms with Crippen molar-refractivity contribution in [1.82, 2.24) is 4.90 Å². The maximum atomic E-state index is 13.0. The Balaban J connectivity index is 1.82. The molecule has 1 atom stereocenters. The average molecular weight is 389 g/mol. The van der Waals surface area contributed by atoms with Gasteiger partial charge in [-0.25, -0.2) is 0 Å². The molecular weight excluding hydrogens is 368 g/mol. The van der Waals surface area contributed by atoms with E-state index in [1.807, 2.05) is 0 Å². The van der Waals surface area contributed by atoms with Crippen LogP contribution < -0.4 is 14.4 Å². The fourth-order valence-corrected chi connectivity index (χ4v) is 3.24. The molecule has 2 aromatic carbocycles. The third kappa shape index (κ3) is 3.85. The first kappa shape index (κ1) is 19.0. The van der Waals surface area contributed by atoms with Gasteiger partial charge in [0.25, 0.3) is 5.91 Å². The highest BCUT2D eigenvalue weighted by Crippen LogP contribution is 2.30. The second-order valence-electron chi connectivity index (χ2n) is 6.24. The Labute approximate surface area is 163 Å². The van der Waals surface area contributed by atoms with E-state index in [1.54, 1.807) is 73.4 Å². The number of hydrogen-bond acceptors (Lipinski definition) is 4. The molecule has 2 aromatic rings. The summed E-state index contributed by atoms with van der Waals surface area (Å²) >= 11 is 5.88. The van der Waals surface area contributed by atoms with Crippen LogP contribution in [-0.4, -0.2) is 50.1 Å². The maximum Gasteiger partial charge on any atom is 0.254 e. The zero-order valence-corrected chi connectivity index (χ0v) is 16.2. The van der Waals surface area contributed by atoms with Crippen molar-refractivity contribution < 1.29 is 19.1 Å². The van der Waals surface area contributed by atoms with Crippen molar-refractivity contribution in [2.24, 2.45) is 0 Å². The number of carbonyl (C=O) groups is 2. The molecule has 27 heavy (non-hydrogen) atoms. The summed E-state index contributed by atoms with van der Waals surface area (Å²) in [5.74, 6) is 0.864. The first-order valence-electron chi connectivity index (χ1n) is 8.55. The summed E-state index contributed by atoms with van der Waals surface area (Å²) in [5, 5.41) is 0.562. The van der Waals surface area contributed by atoms with Gasteiger partial charge >= 0.3 is 0 Å². The van der Waals surface area contributed by atoms with Gasteiger partial charge < -0.3 is 19.3 Å². The van der Waals surface area contributed by atoms with E-state index in [0.29, 0.717) is 40.9 Å². The van der Waals surface area contributed by atoms with Crippen molar-refractivity contribution in [2.45, 2.75) is 13.0 Å². The minimum Gasteiger partial charge on any atom is -0.497 e. The summed E-state index contributed by atoms with van der Waals surface area (Å²) in [6.07, 6.45) is 0. The molecule has 1 aliphatic rings. The predicted molar refractivity (Wildman–Crippen MR) is 104 cm³/mol. The van der Waals surface area contributed by atoms with Crippen molar-refractivity contribution in [3.8, 4) is 11.5 Å². The van der Waals surface area contributed by atoms with Crippen LogP contribution >= 0.6 is 11.6 Å². The van der Waals surface area contributed by atoms with Gasteiger partial charge in [0.2, 0.25) is 5.91 Å². The fraction of sp³-hybridized carbons (Fsp3) is 0.300. The van der Waals surface area contributed by atoms with E-state index >= 15 is 0 Å². The van der Waals surface area contributed by atoms with Crippen LogP contribution in [0, 0.1) is 0 Å². The number of rotatable bonds is 4. The van der Waals surface area contributed by atoms with Gasteiger partial charge in [-0.05, 0) is 31.2 Å². The molecule has 1 unspecified atom stereocenters. The molecule has 1 saturated heterocycles. The average Bonchev–Trinajstić information content (AvgIpc) is 2.69. The Morgan fingerprint density at radius 1 is 1.04 bits per heavy atom. The molecule has 0 saturated carbocycles. The Morgan fingerprint density at radius 3 is 2.19 bits per heavy atom. The highest BCUT2D eigenvalue weighted by molar-refractivity contribution is 6.30. The lowest BCUT2D eigenvalue weighted by atomic mass is 10.1. The summed E-state index contributed by atoms with van der Waals surface area (Å²) in [6.45, 7) is 2.55. The third-order valence-electron chi connectivity index (χ3n) is 4.66. The minimum atomic E-state index is -0.584. The van der Waals surface area contributed by atoms with Crippen LogP contribution in [0.15, 0.2) is 42.5 Å².